The first-order chi connectivity index (χ1) is 12.8. The van der Waals surface area contributed by atoms with Crippen LogP contribution < -0.4 is 5.32 Å². The third kappa shape index (κ3) is 11.5. The summed E-state index contributed by atoms with van der Waals surface area (Å²) in [4.78, 5) is 23.0. The van der Waals surface area contributed by atoms with Gasteiger partial charge in [-0.25, -0.2) is 4.79 Å². The summed E-state index contributed by atoms with van der Waals surface area (Å²) in [6, 6.07) is 8.09. The van der Waals surface area contributed by atoms with E-state index >= 15 is 0 Å². The lowest BCUT2D eigenvalue weighted by Gasteiger charge is -2.21. The molecule has 0 radical (unpaired) electrons. The van der Waals surface area contributed by atoms with E-state index in [2.05, 4.69) is 36.5 Å². The molecule has 1 atom stereocenters. The van der Waals surface area contributed by atoms with Crippen molar-refractivity contribution in [2.75, 3.05) is 0 Å². The van der Waals surface area contributed by atoms with Crippen LogP contribution in [0.15, 0.2) is 24.3 Å². The Morgan fingerprint density at radius 2 is 1.56 bits per heavy atom. The topological polar surface area (TPSA) is 55.4 Å². The van der Waals surface area contributed by atoms with Crippen LogP contribution >= 0.6 is 0 Å². The first kappa shape index (κ1) is 23.2. The summed E-state index contributed by atoms with van der Waals surface area (Å²) in [6.45, 7) is 7.65. The normalized spacial score (nSPS) is 12.4. The maximum absolute atomic E-state index is 11.8. The van der Waals surface area contributed by atoms with Gasteiger partial charge in [-0.3, -0.25) is 0 Å². The van der Waals surface area contributed by atoms with E-state index in [-0.39, 0.29) is 0 Å². The zero-order valence-electron chi connectivity index (χ0n) is 17.6. The lowest BCUT2D eigenvalue weighted by atomic mass is 10.0. The van der Waals surface area contributed by atoms with Crippen molar-refractivity contribution in [2.45, 2.75) is 97.1 Å². The maximum Gasteiger partial charge on any atom is 0.408 e. The van der Waals surface area contributed by atoms with Crippen LogP contribution in [0.4, 0.5) is 4.79 Å². The van der Waals surface area contributed by atoms with Crippen LogP contribution in [-0.4, -0.2) is 24.0 Å². The van der Waals surface area contributed by atoms with Crippen molar-refractivity contribution in [1.82, 2.24) is 5.32 Å². The fraction of sp³-hybridized carbons (Fsp3) is 0.652. The Morgan fingerprint density at radius 1 is 1.00 bits per heavy atom. The summed E-state index contributed by atoms with van der Waals surface area (Å²) < 4.78 is 5.20. The quantitative estimate of drug-likeness (QED) is 0.381. The van der Waals surface area contributed by atoms with Gasteiger partial charge in [0.15, 0.2) is 0 Å². The van der Waals surface area contributed by atoms with E-state index in [0.717, 1.165) is 19.1 Å². The van der Waals surface area contributed by atoms with Crippen molar-refractivity contribution in [2.24, 2.45) is 0 Å². The van der Waals surface area contributed by atoms with Crippen molar-refractivity contribution in [3.63, 3.8) is 0 Å². The predicted octanol–water partition coefficient (Wildman–Crippen LogP) is 5.61. The third-order valence-electron chi connectivity index (χ3n) is 4.45. The highest BCUT2D eigenvalue weighted by molar-refractivity contribution is 5.73. The molecular weight excluding hydrogens is 338 g/mol. The number of unbranched alkanes of at least 4 members (excludes halogenated alkanes) is 5. The van der Waals surface area contributed by atoms with E-state index in [9.17, 15) is 9.59 Å². The molecule has 0 saturated carbocycles. The standard InChI is InChI=1S/C23H37NO3/c1-5-6-7-8-9-10-11-19-12-14-20(15-13-19)16-17-21(18-25)24-22(26)27-23(2,3)4/h12-15,18,21H,5-11,16-17H2,1-4H3,(H,24,26). The van der Waals surface area contributed by atoms with Gasteiger partial charge in [-0.1, -0.05) is 63.3 Å². The minimum absolute atomic E-state index is 0.525. The largest absolute Gasteiger partial charge is 0.444 e. The average molecular weight is 376 g/mol. The molecule has 0 aliphatic heterocycles. The van der Waals surface area contributed by atoms with Crippen molar-refractivity contribution in [3.05, 3.63) is 35.4 Å². The molecule has 152 valence electrons. The second kappa shape index (κ2) is 12.5. The molecule has 1 amide bonds. The molecule has 1 aromatic rings. The highest BCUT2D eigenvalue weighted by Gasteiger charge is 2.19. The van der Waals surface area contributed by atoms with E-state index in [0.29, 0.717) is 6.42 Å². The Kier molecular flexibility index (Phi) is 10.8. The van der Waals surface area contributed by atoms with Crippen molar-refractivity contribution in [1.29, 1.82) is 0 Å². The Bertz CT molecular complexity index is 546. The van der Waals surface area contributed by atoms with Crippen LogP contribution in [0.5, 0.6) is 0 Å². The molecule has 4 nitrogen and oxygen atoms in total. The van der Waals surface area contributed by atoms with Crippen molar-refractivity contribution < 1.29 is 14.3 Å². The zero-order valence-corrected chi connectivity index (χ0v) is 17.6. The summed E-state index contributed by atoms with van der Waals surface area (Å²) in [7, 11) is 0. The van der Waals surface area contributed by atoms with Crippen LogP contribution in [0.1, 0.15) is 83.8 Å². The second-order valence-electron chi connectivity index (χ2n) is 8.26. The number of nitrogens with one attached hydrogen (secondary N) is 1. The molecule has 27 heavy (non-hydrogen) atoms. The first-order valence-electron chi connectivity index (χ1n) is 10.4. The van der Waals surface area contributed by atoms with Crippen molar-refractivity contribution in [3.8, 4) is 0 Å². The number of rotatable bonds is 12. The summed E-state index contributed by atoms with van der Waals surface area (Å²) in [5.74, 6) is 0. The maximum atomic E-state index is 11.8. The smallest absolute Gasteiger partial charge is 0.408 e. The minimum atomic E-state index is -0.566. The Balaban J connectivity index is 2.33. The fourth-order valence-electron chi connectivity index (χ4n) is 2.94. The van der Waals surface area contributed by atoms with Crippen LogP contribution in [0.25, 0.3) is 0 Å². The number of aryl methyl sites for hydroxylation is 2. The monoisotopic (exact) mass is 375 g/mol. The van der Waals surface area contributed by atoms with E-state index in [1.807, 2.05) is 0 Å². The van der Waals surface area contributed by atoms with Crippen LogP contribution in [0.2, 0.25) is 0 Å². The molecular formula is C23H37NO3. The minimum Gasteiger partial charge on any atom is -0.444 e. The van der Waals surface area contributed by atoms with Gasteiger partial charge in [0.1, 0.15) is 11.9 Å². The van der Waals surface area contributed by atoms with Crippen LogP contribution in [0, 0.1) is 0 Å². The molecule has 0 aliphatic carbocycles. The molecule has 0 bridgehead atoms. The molecule has 0 aliphatic rings. The SMILES string of the molecule is CCCCCCCCc1ccc(CCC(C=O)NC(=O)OC(C)(C)C)cc1. The molecule has 0 saturated heterocycles. The number of carbonyl (C=O) groups is 2. The van der Waals surface area contributed by atoms with Gasteiger partial charge in [0.2, 0.25) is 0 Å². The number of carbonyl (C=O) groups excluding carboxylic acids is 2. The fourth-order valence-corrected chi connectivity index (χ4v) is 2.94. The number of benzene rings is 1. The summed E-state index contributed by atoms with van der Waals surface area (Å²) in [6.07, 6.45) is 10.5. The Labute approximate surface area is 165 Å². The van der Waals surface area contributed by atoms with E-state index < -0.39 is 17.7 Å². The summed E-state index contributed by atoms with van der Waals surface area (Å²) in [5.41, 5.74) is 1.98. The second-order valence-corrected chi connectivity index (χ2v) is 8.26. The van der Waals surface area contributed by atoms with E-state index in [1.54, 1.807) is 20.8 Å². The molecule has 4 heteroatoms. The van der Waals surface area contributed by atoms with Gasteiger partial charge in [0, 0.05) is 0 Å². The predicted molar refractivity (Wildman–Crippen MR) is 111 cm³/mol. The number of aldehydes is 1. The Hall–Kier alpha value is -1.84. The van der Waals surface area contributed by atoms with Gasteiger partial charge in [0.05, 0.1) is 6.04 Å². The van der Waals surface area contributed by atoms with Crippen LogP contribution in [-0.2, 0) is 22.4 Å². The van der Waals surface area contributed by atoms with Gasteiger partial charge in [-0.05, 0) is 57.6 Å². The van der Waals surface area contributed by atoms with Gasteiger partial charge >= 0.3 is 6.09 Å². The van der Waals surface area contributed by atoms with Gasteiger partial charge in [-0.15, -0.1) is 0 Å². The van der Waals surface area contributed by atoms with Crippen molar-refractivity contribution >= 4 is 12.4 Å². The number of hydrogen-bond acceptors (Lipinski definition) is 3. The highest BCUT2D eigenvalue weighted by atomic mass is 16.6. The summed E-state index contributed by atoms with van der Waals surface area (Å²) in [5, 5.41) is 2.62. The number of hydrogen-bond donors (Lipinski definition) is 1. The van der Waals surface area contributed by atoms with Gasteiger partial charge < -0.3 is 14.8 Å². The van der Waals surface area contributed by atoms with Gasteiger partial charge in [-0.2, -0.15) is 0 Å². The lowest BCUT2D eigenvalue weighted by molar-refractivity contribution is -0.109. The zero-order chi connectivity index (χ0) is 20.1. The molecule has 1 rings (SSSR count). The molecule has 0 heterocycles. The number of ether oxygens (including phenoxy) is 1. The molecule has 1 N–H and O–H groups in total. The first-order valence-corrected chi connectivity index (χ1v) is 10.4. The van der Waals surface area contributed by atoms with Crippen LogP contribution in [0.3, 0.4) is 0 Å². The molecule has 0 fully saturated rings. The molecule has 0 aromatic heterocycles. The molecule has 0 spiro atoms. The van der Waals surface area contributed by atoms with E-state index in [1.165, 1.54) is 49.7 Å². The summed E-state index contributed by atoms with van der Waals surface area (Å²) >= 11 is 0. The van der Waals surface area contributed by atoms with Gasteiger partial charge in [0.25, 0.3) is 0 Å². The highest BCUT2D eigenvalue weighted by Crippen LogP contribution is 2.13. The molecule has 1 unspecified atom stereocenters. The third-order valence-corrected chi connectivity index (χ3v) is 4.45. The Morgan fingerprint density at radius 3 is 2.11 bits per heavy atom. The lowest BCUT2D eigenvalue weighted by Crippen LogP contribution is -2.40. The number of amides is 1. The van der Waals surface area contributed by atoms with E-state index in [4.69, 9.17) is 4.74 Å². The average Bonchev–Trinajstić information content (AvgIpc) is 2.61. The number of alkyl carbamates (subject to hydrolysis) is 1. The molecule has 1 aromatic carbocycles.